The second-order valence-electron chi connectivity index (χ2n) is 5.01. The Labute approximate surface area is 136 Å². The average Bonchev–Trinajstić information content (AvgIpc) is 3.23. The Morgan fingerprint density at radius 1 is 1.13 bits per heavy atom. The molecule has 4 rings (SSSR count). The minimum Gasteiger partial charge on any atom is -0.319 e. The molecule has 112 valence electrons. The smallest absolute Gasteiger partial charge is 0.255 e. The molecule has 0 aliphatic carbocycles. The zero-order valence-electron chi connectivity index (χ0n) is 12.0. The van der Waals surface area contributed by atoms with Crippen LogP contribution in [-0.4, -0.2) is 21.1 Å². The van der Waals surface area contributed by atoms with Crippen LogP contribution in [0.15, 0.2) is 60.2 Å². The van der Waals surface area contributed by atoms with Gasteiger partial charge in [0.25, 0.3) is 5.91 Å². The molecule has 0 atom stereocenters. The van der Waals surface area contributed by atoms with E-state index in [1.54, 1.807) is 17.8 Å². The molecular formula is C17H12N4OS. The normalized spacial score (nSPS) is 10.8. The molecule has 0 saturated carbocycles. The van der Waals surface area contributed by atoms with Gasteiger partial charge in [0.1, 0.15) is 0 Å². The molecule has 0 aliphatic heterocycles. The Morgan fingerprint density at radius 3 is 2.87 bits per heavy atom. The summed E-state index contributed by atoms with van der Waals surface area (Å²) in [5, 5.41) is 9.88. The summed E-state index contributed by atoms with van der Waals surface area (Å²) >= 11 is 1.52. The second-order valence-corrected chi connectivity index (χ2v) is 5.90. The van der Waals surface area contributed by atoms with Gasteiger partial charge in [0.15, 0.2) is 0 Å². The van der Waals surface area contributed by atoms with Crippen molar-refractivity contribution in [2.24, 2.45) is 0 Å². The highest BCUT2D eigenvalue weighted by Gasteiger charge is 2.13. The van der Waals surface area contributed by atoms with Crippen LogP contribution in [0.1, 0.15) is 10.4 Å². The minimum atomic E-state index is -0.168. The zero-order chi connectivity index (χ0) is 15.6. The molecule has 2 aromatic heterocycles. The van der Waals surface area contributed by atoms with Gasteiger partial charge in [0, 0.05) is 11.1 Å². The number of carbonyl (C=O) groups is 1. The Hall–Kier alpha value is -2.99. The molecule has 0 radical (unpaired) electrons. The second kappa shape index (κ2) is 5.66. The van der Waals surface area contributed by atoms with E-state index in [1.807, 2.05) is 42.5 Å². The average molecular weight is 320 g/mol. The van der Waals surface area contributed by atoms with Crippen molar-refractivity contribution in [3.05, 3.63) is 65.8 Å². The first-order valence-electron chi connectivity index (χ1n) is 7.04. The van der Waals surface area contributed by atoms with Gasteiger partial charge in [-0.15, -0.1) is 11.3 Å². The zero-order valence-corrected chi connectivity index (χ0v) is 12.8. The lowest BCUT2D eigenvalue weighted by atomic mass is 10.1. The molecule has 1 amide bonds. The van der Waals surface area contributed by atoms with Gasteiger partial charge >= 0.3 is 0 Å². The highest BCUT2D eigenvalue weighted by Crippen LogP contribution is 2.26. The number of carbonyl (C=O) groups excluding carboxylic acids is 1. The number of aromatic amines is 1. The number of amides is 1. The number of benzene rings is 2. The number of hydrogen-bond acceptors (Lipinski definition) is 4. The molecule has 2 aromatic carbocycles. The summed E-state index contributed by atoms with van der Waals surface area (Å²) in [6.07, 6.45) is 1.62. The molecule has 2 N–H and O–H groups in total. The van der Waals surface area contributed by atoms with E-state index in [2.05, 4.69) is 20.5 Å². The van der Waals surface area contributed by atoms with E-state index >= 15 is 0 Å². The van der Waals surface area contributed by atoms with Gasteiger partial charge in [-0.1, -0.05) is 30.3 Å². The maximum Gasteiger partial charge on any atom is 0.255 e. The van der Waals surface area contributed by atoms with Crippen LogP contribution in [0.5, 0.6) is 0 Å². The van der Waals surface area contributed by atoms with Gasteiger partial charge < -0.3 is 5.32 Å². The summed E-state index contributed by atoms with van der Waals surface area (Å²) in [5.74, 6) is -0.168. The maximum absolute atomic E-state index is 12.5. The van der Waals surface area contributed by atoms with Crippen LogP contribution in [0, 0.1) is 0 Å². The SMILES string of the molecule is O=C(Nc1cn[nH]c1-c1ccccc1)c1ccc2ncsc2c1. The first kappa shape index (κ1) is 13.7. The molecule has 0 spiro atoms. The summed E-state index contributed by atoms with van der Waals surface area (Å²) < 4.78 is 0.994. The number of nitrogens with zero attached hydrogens (tertiary/aromatic N) is 2. The lowest BCUT2D eigenvalue weighted by Crippen LogP contribution is -2.11. The largest absolute Gasteiger partial charge is 0.319 e. The predicted molar refractivity (Wildman–Crippen MR) is 91.6 cm³/mol. The van der Waals surface area contributed by atoms with E-state index in [-0.39, 0.29) is 5.91 Å². The van der Waals surface area contributed by atoms with E-state index in [0.29, 0.717) is 11.3 Å². The molecule has 6 heteroatoms. The van der Waals surface area contributed by atoms with Gasteiger partial charge in [0.05, 0.1) is 33.3 Å². The molecule has 0 aliphatic rings. The van der Waals surface area contributed by atoms with Crippen LogP contribution in [0.25, 0.3) is 21.5 Å². The van der Waals surface area contributed by atoms with Crippen molar-refractivity contribution in [3.8, 4) is 11.3 Å². The van der Waals surface area contributed by atoms with Gasteiger partial charge in [-0.25, -0.2) is 4.98 Å². The number of thiazole rings is 1. The van der Waals surface area contributed by atoms with E-state index in [1.165, 1.54) is 11.3 Å². The van der Waals surface area contributed by atoms with Crippen molar-refractivity contribution in [2.75, 3.05) is 5.32 Å². The maximum atomic E-state index is 12.5. The third-order valence-electron chi connectivity index (χ3n) is 3.54. The quantitative estimate of drug-likeness (QED) is 0.600. The molecule has 5 nitrogen and oxygen atoms in total. The molecular weight excluding hydrogens is 308 g/mol. The highest BCUT2D eigenvalue weighted by molar-refractivity contribution is 7.16. The van der Waals surface area contributed by atoms with Crippen molar-refractivity contribution in [3.63, 3.8) is 0 Å². The number of H-pyrrole nitrogens is 1. The third-order valence-corrected chi connectivity index (χ3v) is 4.34. The Morgan fingerprint density at radius 2 is 2.00 bits per heavy atom. The molecule has 4 aromatic rings. The Balaban J connectivity index is 1.63. The van der Waals surface area contributed by atoms with Crippen molar-refractivity contribution in [1.82, 2.24) is 15.2 Å². The number of nitrogens with one attached hydrogen (secondary N) is 2. The van der Waals surface area contributed by atoms with E-state index in [0.717, 1.165) is 21.5 Å². The Kier molecular flexibility index (Phi) is 3.36. The van der Waals surface area contributed by atoms with E-state index in [9.17, 15) is 4.79 Å². The fraction of sp³-hybridized carbons (Fsp3) is 0. The fourth-order valence-electron chi connectivity index (χ4n) is 2.40. The number of aromatic nitrogens is 3. The van der Waals surface area contributed by atoms with Crippen LogP contribution < -0.4 is 5.32 Å². The Bertz CT molecular complexity index is 974. The highest BCUT2D eigenvalue weighted by atomic mass is 32.1. The van der Waals surface area contributed by atoms with Crippen LogP contribution in [-0.2, 0) is 0 Å². The summed E-state index contributed by atoms with van der Waals surface area (Å²) in [6.45, 7) is 0. The van der Waals surface area contributed by atoms with Crippen LogP contribution in [0.2, 0.25) is 0 Å². The van der Waals surface area contributed by atoms with Crippen molar-refractivity contribution in [1.29, 1.82) is 0 Å². The van der Waals surface area contributed by atoms with Crippen molar-refractivity contribution >= 4 is 33.1 Å². The lowest BCUT2D eigenvalue weighted by molar-refractivity contribution is 0.102. The first-order chi connectivity index (χ1) is 11.3. The topological polar surface area (TPSA) is 70.7 Å². The fourth-order valence-corrected chi connectivity index (χ4v) is 3.11. The summed E-state index contributed by atoms with van der Waals surface area (Å²) in [6, 6.07) is 15.2. The summed E-state index contributed by atoms with van der Waals surface area (Å²) in [5.41, 5.74) is 5.69. The van der Waals surface area contributed by atoms with Crippen molar-refractivity contribution in [2.45, 2.75) is 0 Å². The van der Waals surface area contributed by atoms with Crippen LogP contribution in [0.4, 0.5) is 5.69 Å². The number of hydrogen-bond donors (Lipinski definition) is 2. The monoisotopic (exact) mass is 320 g/mol. The van der Waals surface area contributed by atoms with E-state index in [4.69, 9.17) is 0 Å². The number of rotatable bonds is 3. The number of fused-ring (bicyclic) bond motifs is 1. The molecule has 23 heavy (non-hydrogen) atoms. The van der Waals surface area contributed by atoms with Crippen LogP contribution in [0.3, 0.4) is 0 Å². The van der Waals surface area contributed by atoms with Gasteiger partial charge in [-0.05, 0) is 18.2 Å². The first-order valence-corrected chi connectivity index (χ1v) is 7.92. The van der Waals surface area contributed by atoms with E-state index < -0.39 is 0 Å². The lowest BCUT2D eigenvalue weighted by Gasteiger charge is -2.06. The molecule has 2 heterocycles. The number of anilines is 1. The summed E-state index contributed by atoms with van der Waals surface area (Å²) in [4.78, 5) is 16.7. The van der Waals surface area contributed by atoms with Gasteiger partial charge in [0.2, 0.25) is 0 Å². The predicted octanol–water partition coefficient (Wildman–Crippen LogP) is 3.94. The molecule has 0 unspecified atom stereocenters. The third kappa shape index (κ3) is 2.60. The molecule has 0 bridgehead atoms. The van der Waals surface area contributed by atoms with Gasteiger partial charge in [-0.2, -0.15) is 5.10 Å². The molecule has 0 saturated heterocycles. The van der Waals surface area contributed by atoms with Crippen molar-refractivity contribution < 1.29 is 4.79 Å². The minimum absolute atomic E-state index is 0.168. The molecule has 0 fully saturated rings. The van der Waals surface area contributed by atoms with Gasteiger partial charge in [-0.3, -0.25) is 9.89 Å². The standard InChI is InChI=1S/C17H12N4OS/c22-17(12-6-7-13-15(8-12)23-10-18-13)20-14-9-19-21-16(14)11-4-2-1-3-5-11/h1-10H,(H,19,21)(H,20,22). The van der Waals surface area contributed by atoms with Crippen LogP contribution >= 0.6 is 11.3 Å². The summed E-state index contributed by atoms with van der Waals surface area (Å²) in [7, 11) is 0.